The highest BCUT2D eigenvalue weighted by atomic mass is 16.5. The van der Waals surface area contributed by atoms with Crippen LogP contribution in [0, 0.1) is 0 Å². The van der Waals surface area contributed by atoms with Gasteiger partial charge in [0.25, 0.3) is 0 Å². The van der Waals surface area contributed by atoms with Crippen LogP contribution < -0.4 is 10.1 Å². The zero-order chi connectivity index (χ0) is 13.9. The van der Waals surface area contributed by atoms with Crippen molar-refractivity contribution in [1.82, 2.24) is 5.32 Å². The van der Waals surface area contributed by atoms with Crippen LogP contribution >= 0.6 is 0 Å². The predicted octanol–water partition coefficient (Wildman–Crippen LogP) is 2.93. The number of benzene rings is 1. The normalized spacial score (nSPS) is 10.4. The van der Waals surface area contributed by atoms with Gasteiger partial charge in [-0.1, -0.05) is 19.4 Å². The molecule has 1 rings (SSSR count). The molecule has 19 heavy (non-hydrogen) atoms. The quantitative estimate of drug-likeness (QED) is 0.639. The standard InChI is InChI=1S/C15H23NO3/c1-2-3-9-16-10-4-5-11-19-14-8-6-7-13(12-14)15(17)18/h6-8,12,16H,2-5,9-11H2,1H3,(H,17,18). The molecule has 0 aliphatic rings. The van der Waals surface area contributed by atoms with Crippen LogP contribution in [0.4, 0.5) is 0 Å². The SMILES string of the molecule is CCCCNCCCCOc1cccc(C(=O)O)c1. The Bertz CT molecular complexity index is 379. The summed E-state index contributed by atoms with van der Waals surface area (Å²) in [5.41, 5.74) is 0.263. The van der Waals surface area contributed by atoms with Crippen LogP contribution in [0.5, 0.6) is 5.75 Å². The van der Waals surface area contributed by atoms with Crippen LogP contribution in [0.2, 0.25) is 0 Å². The molecular weight excluding hydrogens is 242 g/mol. The first kappa shape index (κ1) is 15.5. The van der Waals surface area contributed by atoms with Gasteiger partial charge in [-0.15, -0.1) is 0 Å². The van der Waals surface area contributed by atoms with Gasteiger partial charge in [0, 0.05) is 0 Å². The summed E-state index contributed by atoms with van der Waals surface area (Å²) in [5, 5.41) is 12.2. The molecule has 1 aromatic rings. The number of carbonyl (C=O) groups is 1. The summed E-state index contributed by atoms with van der Waals surface area (Å²) in [5.74, 6) is -0.301. The van der Waals surface area contributed by atoms with E-state index in [2.05, 4.69) is 12.2 Å². The van der Waals surface area contributed by atoms with Crippen LogP contribution in [-0.2, 0) is 0 Å². The lowest BCUT2D eigenvalue weighted by Gasteiger charge is -2.07. The fourth-order valence-electron chi connectivity index (χ4n) is 1.69. The van der Waals surface area contributed by atoms with Crippen molar-refractivity contribution >= 4 is 5.97 Å². The minimum absolute atomic E-state index is 0.263. The van der Waals surface area contributed by atoms with Crippen molar-refractivity contribution in [3.63, 3.8) is 0 Å². The van der Waals surface area contributed by atoms with Gasteiger partial charge in [-0.05, 0) is 50.6 Å². The Morgan fingerprint density at radius 2 is 2.05 bits per heavy atom. The predicted molar refractivity (Wildman–Crippen MR) is 75.9 cm³/mol. The molecule has 0 amide bonds. The lowest BCUT2D eigenvalue weighted by molar-refractivity contribution is 0.0696. The maximum Gasteiger partial charge on any atom is 0.335 e. The van der Waals surface area contributed by atoms with Crippen LogP contribution in [0.25, 0.3) is 0 Å². The third-order valence-electron chi connectivity index (χ3n) is 2.80. The topological polar surface area (TPSA) is 58.6 Å². The molecular formula is C15H23NO3. The van der Waals surface area contributed by atoms with Gasteiger partial charge in [-0.2, -0.15) is 0 Å². The first-order chi connectivity index (χ1) is 9.24. The van der Waals surface area contributed by atoms with E-state index in [4.69, 9.17) is 9.84 Å². The smallest absolute Gasteiger partial charge is 0.335 e. The average Bonchev–Trinajstić information content (AvgIpc) is 2.42. The lowest BCUT2D eigenvalue weighted by atomic mass is 10.2. The van der Waals surface area contributed by atoms with E-state index in [1.165, 1.54) is 12.8 Å². The van der Waals surface area contributed by atoms with Crippen molar-refractivity contribution in [3.05, 3.63) is 29.8 Å². The van der Waals surface area contributed by atoms with Gasteiger partial charge >= 0.3 is 5.97 Å². The third kappa shape index (κ3) is 6.82. The van der Waals surface area contributed by atoms with Gasteiger partial charge in [0.15, 0.2) is 0 Å². The second kappa shape index (κ2) is 9.39. The Morgan fingerprint density at radius 1 is 1.26 bits per heavy atom. The molecule has 2 N–H and O–H groups in total. The van der Waals surface area contributed by atoms with Crippen molar-refractivity contribution in [1.29, 1.82) is 0 Å². The molecule has 0 atom stereocenters. The van der Waals surface area contributed by atoms with E-state index in [0.717, 1.165) is 25.9 Å². The van der Waals surface area contributed by atoms with Crippen LogP contribution in [0.1, 0.15) is 43.0 Å². The highest BCUT2D eigenvalue weighted by molar-refractivity contribution is 5.87. The van der Waals surface area contributed by atoms with E-state index in [1.807, 2.05) is 0 Å². The number of carboxylic acids is 1. The molecule has 0 aliphatic heterocycles. The van der Waals surface area contributed by atoms with Gasteiger partial charge in [0.2, 0.25) is 0 Å². The maximum atomic E-state index is 10.8. The van der Waals surface area contributed by atoms with E-state index in [0.29, 0.717) is 12.4 Å². The maximum absolute atomic E-state index is 10.8. The minimum Gasteiger partial charge on any atom is -0.494 e. The summed E-state index contributed by atoms with van der Waals surface area (Å²) in [6.07, 6.45) is 4.48. The van der Waals surface area contributed by atoms with E-state index in [1.54, 1.807) is 24.3 Å². The molecule has 0 spiro atoms. The molecule has 0 aromatic heterocycles. The second-order valence-electron chi connectivity index (χ2n) is 4.49. The molecule has 0 unspecified atom stereocenters. The van der Waals surface area contributed by atoms with Crippen molar-refractivity contribution in [3.8, 4) is 5.75 Å². The fraction of sp³-hybridized carbons (Fsp3) is 0.533. The molecule has 0 bridgehead atoms. The number of ether oxygens (including phenoxy) is 1. The molecule has 0 saturated carbocycles. The van der Waals surface area contributed by atoms with E-state index in [-0.39, 0.29) is 5.56 Å². The Kier molecular flexibility index (Phi) is 7.66. The van der Waals surface area contributed by atoms with Gasteiger partial charge in [-0.25, -0.2) is 4.79 Å². The zero-order valence-electron chi connectivity index (χ0n) is 11.5. The molecule has 4 nitrogen and oxygen atoms in total. The Hall–Kier alpha value is -1.55. The Labute approximate surface area is 114 Å². The summed E-state index contributed by atoms with van der Waals surface area (Å²) in [6, 6.07) is 6.60. The zero-order valence-corrected chi connectivity index (χ0v) is 11.5. The number of nitrogens with one attached hydrogen (secondary N) is 1. The van der Waals surface area contributed by atoms with E-state index < -0.39 is 5.97 Å². The highest BCUT2D eigenvalue weighted by Crippen LogP contribution is 2.13. The van der Waals surface area contributed by atoms with Crippen LogP contribution in [-0.4, -0.2) is 30.8 Å². The first-order valence-electron chi connectivity index (χ1n) is 6.91. The molecule has 0 radical (unpaired) electrons. The molecule has 1 aromatic carbocycles. The van der Waals surface area contributed by atoms with E-state index >= 15 is 0 Å². The number of unbranched alkanes of at least 4 members (excludes halogenated alkanes) is 2. The van der Waals surface area contributed by atoms with Gasteiger partial charge in [0.1, 0.15) is 5.75 Å². The summed E-state index contributed by atoms with van der Waals surface area (Å²) in [6.45, 7) is 4.90. The molecule has 0 heterocycles. The van der Waals surface area contributed by atoms with Crippen molar-refractivity contribution in [2.45, 2.75) is 32.6 Å². The Morgan fingerprint density at radius 3 is 2.79 bits per heavy atom. The summed E-state index contributed by atoms with van der Waals surface area (Å²) in [7, 11) is 0. The summed E-state index contributed by atoms with van der Waals surface area (Å²) >= 11 is 0. The number of hydrogen-bond acceptors (Lipinski definition) is 3. The fourth-order valence-corrected chi connectivity index (χ4v) is 1.69. The highest BCUT2D eigenvalue weighted by Gasteiger charge is 2.03. The lowest BCUT2D eigenvalue weighted by Crippen LogP contribution is -2.17. The molecule has 106 valence electrons. The molecule has 0 aliphatic carbocycles. The third-order valence-corrected chi connectivity index (χ3v) is 2.80. The van der Waals surface area contributed by atoms with Gasteiger partial charge in [0.05, 0.1) is 12.2 Å². The minimum atomic E-state index is -0.925. The number of carboxylic acid groups (broad SMARTS) is 1. The molecule has 4 heteroatoms. The van der Waals surface area contributed by atoms with Crippen LogP contribution in [0.3, 0.4) is 0 Å². The molecule has 0 fully saturated rings. The van der Waals surface area contributed by atoms with Crippen molar-refractivity contribution in [2.24, 2.45) is 0 Å². The summed E-state index contributed by atoms with van der Waals surface area (Å²) in [4.78, 5) is 10.8. The second-order valence-corrected chi connectivity index (χ2v) is 4.49. The van der Waals surface area contributed by atoms with Gasteiger partial charge < -0.3 is 15.2 Å². The monoisotopic (exact) mass is 265 g/mol. The average molecular weight is 265 g/mol. The number of aromatic carboxylic acids is 1. The largest absolute Gasteiger partial charge is 0.494 e. The van der Waals surface area contributed by atoms with Crippen molar-refractivity contribution < 1.29 is 14.6 Å². The molecule has 0 saturated heterocycles. The van der Waals surface area contributed by atoms with Crippen molar-refractivity contribution in [2.75, 3.05) is 19.7 Å². The Balaban J connectivity index is 2.12. The summed E-state index contributed by atoms with van der Waals surface area (Å²) < 4.78 is 5.53. The van der Waals surface area contributed by atoms with E-state index in [9.17, 15) is 4.79 Å². The van der Waals surface area contributed by atoms with Gasteiger partial charge in [-0.3, -0.25) is 0 Å². The van der Waals surface area contributed by atoms with Crippen LogP contribution in [0.15, 0.2) is 24.3 Å². The first-order valence-corrected chi connectivity index (χ1v) is 6.91. The number of hydrogen-bond donors (Lipinski definition) is 2. The number of rotatable bonds is 10.